The van der Waals surface area contributed by atoms with E-state index in [2.05, 4.69) is 89.5 Å². The van der Waals surface area contributed by atoms with Gasteiger partial charge >= 0.3 is 0 Å². The summed E-state index contributed by atoms with van der Waals surface area (Å²) in [4.78, 5) is 2.12. The Morgan fingerprint density at radius 3 is 1.85 bits per heavy atom. The number of piperazine rings is 1. The van der Waals surface area contributed by atoms with Crippen molar-refractivity contribution in [3.05, 3.63) is 0 Å². The fourth-order valence-electron chi connectivity index (χ4n) is 5.11. The number of likely N-dealkylation sites (N-methyl/N-ethyl adjacent to an activating group) is 2. The van der Waals surface area contributed by atoms with E-state index in [1.165, 1.54) is 9.35 Å². The molecule has 6 aliphatic heterocycles. The Hall–Kier alpha value is -0.720. The van der Waals surface area contributed by atoms with Crippen LogP contribution in [0.5, 0.6) is 0 Å². The highest BCUT2D eigenvalue weighted by atomic mass is 32.2. The maximum atomic E-state index is 11.8. The van der Waals surface area contributed by atoms with Gasteiger partial charge in [-0.05, 0) is 20.4 Å². The zero-order chi connectivity index (χ0) is 34.7. The fraction of sp³-hybridized carbons (Fsp3) is 0.897. The highest BCUT2D eigenvalue weighted by molar-refractivity contribution is 8.15. The van der Waals surface area contributed by atoms with Crippen molar-refractivity contribution in [2.24, 2.45) is 31.5 Å². The van der Waals surface area contributed by atoms with Gasteiger partial charge in [-0.25, -0.2) is 21.1 Å². The monoisotopic (exact) mass is 738 g/mol. The van der Waals surface area contributed by atoms with Crippen molar-refractivity contribution in [3.63, 3.8) is 0 Å². The van der Waals surface area contributed by atoms with Gasteiger partial charge in [0.2, 0.25) is 10.0 Å². The van der Waals surface area contributed by atoms with Gasteiger partial charge < -0.3 is 4.90 Å². The zero-order valence-corrected chi connectivity index (χ0v) is 33.6. The molecule has 0 bridgehead atoms. The van der Waals surface area contributed by atoms with Crippen LogP contribution in [0.25, 0.3) is 0 Å². The lowest BCUT2D eigenvalue weighted by Crippen LogP contribution is -2.56. The average molecular weight is 739 g/mol. The Bertz CT molecular complexity index is 1460. The summed E-state index contributed by atoms with van der Waals surface area (Å²) < 4.78 is 47.9. The molecule has 3 unspecified atom stereocenters. The summed E-state index contributed by atoms with van der Waals surface area (Å²) in [5, 5.41) is 23.4. The summed E-state index contributed by atoms with van der Waals surface area (Å²) in [6, 6.07) is 0. The number of rotatable bonds is 0. The summed E-state index contributed by atoms with van der Waals surface area (Å²) in [6.07, 6.45) is 0.691. The topological polar surface area (TPSA) is 122 Å². The number of nitrogens with zero attached hydrogens (tertiary/aromatic N) is 8. The molecule has 0 aromatic rings. The van der Waals surface area contributed by atoms with Crippen molar-refractivity contribution in [2.45, 2.75) is 91.3 Å². The molecule has 0 N–H and O–H groups in total. The van der Waals surface area contributed by atoms with Crippen LogP contribution in [0.3, 0.4) is 0 Å². The van der Waals surface area contributed by atoms with E-state index in [-0.39, 0.29) is 38.2 Å². The molecular weight excluding hydrogens is 685 g/mol. The molecule has 3 atom stereocenters. The van der Waals surface area contributed by atoms with Crippen molar-refractivity contribution in [3.8, 4) is 0 Å². The standard InChI is InChI=1S/C10H19N3O2S2.C10H19N3S.C9H16N2O2S2/c1-9(2,3)8-11-13-7-17(14,15)12(5)6-10(13,4)16-8;1-10(2,3)9-11-13-6-5-12(4)7-8(13)14-9;1-9(2,3)8-10-11-6-15(12,13)5-4-7(11)14-8/h6-7H2,1-5H3;8H,5-7H2,1-4H3;7H,4-6H2,1-3H3. The van der Waals surface area contributed by atoms with Crippen LogP contribution in [0.2, 0.25) is 0 Å². The minimum Gasteiger partial charge on any atom is -0.302 e. The van der Waals surface area contributed by atoms with Crippen LogP contribution in [0, 0.1) is 16.2 Å². The molecule has 46 heavy (non-hydrogen) atoms. The number of sulfonamides is 1. The highest BCUT2D eigenvalue weighted by Gasteiger charge is 2.50. The highest BCUT2D eigenvalue weighted by Crippen LogP contribution is 2.45. The number of hydrogen-bond acceptors (Lipinski definition) is 14. The Morgan fingerprint density at radius 1 is 0.739 bits per heavy atom. The molecular formula is C29H54N8O4S5. The van der Waals surface area contributed by atoms with E-state index in [1.807, 2.05) is 18.7 Å². The number of fused-ring (bicyclic) bond motifs is 3. The lowest BCUT2D eigenvalue weighted by molar-refractivity contribution is 0.144. The van der Waals surface area contributed by atoms with Gasteiger partial charge in [-0.15, -0.1) is 0 Å². The quantitative estimate of drug-likeness (QED) is 0.349. The van der Waals surface area contributed by atoms with Gasteiger partial charge in [0.15, 0.2) is 15.7 Å². The molecule has 0 radical (unpaired) electrons. The molecule has 264 valence electrons. The second-order valence-electron chi connectivity index (χ2n) is 16.0. The molecule has 0 spiro atoms. The molecule has 0 saturated carbocycles. The van der Waals surface area contributed by atoms with Gasteiger partial charge in [0.25, 0.3) is 0 Å². The molecule has 6 rings (SSSR count). The molecule has 0 aromatic carbocycles. The van der Waals surface area contributed by atoms with Crippen molar-refractivity contribution in [2.75, 3.05) is 57.8 Å². The van der Waals surface area contributed by atoms with Gasteiger partial charge in [-0.3, -0.25) is 15.0 Å². The fourth-order valence-corrected chi connectivity index (χ4v) is 12.1. The third kappa shape index (κ3) is 9.09. The van der Waals surface area contributed by atoms with E-state index >= 15 is 0 Å². The smallest absolute Gasteiger partial charge is 0.233 e. The van der Waals surface area contributed by atoms with E-state index < -0.39 is 19.9 Å². The molecule has 3 fully saturated rings. The molecule has 3 saturated heterocycles. The van der Waals surface area contributed by atoms with Crippen molar-refractivity contribution >= 4 is 70.3 Å². The van der Waals surface area contributed by atoms with Crippen molar-refractivity contribution in [1.82, 2.24) is 24.2 Å². The second kappa shape index (κ2) is 13.2. The number of thioether (sulfide) groups is 3. The summed E-state index contributed by atoms with van der Waals surface area (Å²) >= 11 is 5.33. The minimum atomic E-state index is -3.18. The maximum Gasteiger partial charge on any atom is 0.233 e. The molecule has 6 heterocycles. The van der Waals surface area contributed by atoms with Gasteiger partial charge in [0.05, 0.1) is 12.3 Å². The molecule has 0 aromatic heterocycles. The largest absolute Gasteiger partial charge is 0.302 e. The van der Waals surface area contributed by atoms with Crippen LogP contribution >= 0.6 is 35.3 Å². The van der Waals surface area contributed by atoms with E-state index in [1.54, 1.807) is 40.6 Å². The summed E-state index contributed by atoms with van der Waals surface area (Å²) in [5.74, 6) is 0.366. The summed E-state index contributed by atoms with van der Waals surface area (Å²) in [6.45, 7) is 25.2. The lowest BCUT2D eigenvalue weighted by Gasteiger charge is -2.41. The number of hydrazone groups is 3. The Balaban J connectivity index is 0.000000157. The Labute approximate surface area is 290 Å². The van der Waals surface area contributed by atoms with Crippen LogP contribution in [-0.4, -0.2) is 130 Å². The normalized spacial score (nSPS) is 31.0. The lowest BCUT2D eigenvalue weighted by atomic mass is 9.99. The van der Waals surface area contributed by atoms with E-state index in [4.69, 9.17) is 5.10 Å². The van der Waals surface area contributed by atoms with Gasteiger partial charge in [0, 0.05) is 42.9 Å². The van der Waals surface area contributed by atoms with E-state index in [0.29, 0.717) is 24.1 Å². The molecule has 12 nitrogen and oxygen atoms in total. The molecule has 0 aliphatic carbocycles. The van der Waals surface area contributed by atoms with Gasteiger partial charge in [0.1, 0.15) is 36.6 Å². The first-order chi connectivity index (χ1) is 20.8. The third-order valence-corrected chi connectivity index (χ3v) is 16.1. The van der Waals surface area contributed by atoms with Gasteiger partial charge in [-0.2, -0.15) is 15.3 Å². The average Bonchev–Trinajstić information content (AvgIpc) is 3.58. The first kappa shape index (κ1) is 38.1. The maximum absolute atomic E-state index is 11.8. The van der Waals surface area contributed by atoms with Crippen LogP contribution < -0.4 is 0 Å². The molecule has 0 amide bonds. The minimum absolute atomic E-state index is 0.0196. The number of hydrogen-bond donors (Lipinski definition) is 0. The van der Waals surface area contributed by atoms with Crippen molar-refractivity contribution in [1.29, 1.82) is 0 Å². The summed E-state index contributed by atoms with van der Waals surface area (Å²) in [5.41, 5.74) is 0.194. The van der Waals surface area contributed by atoms with E-state index in [9.17, 15) is 16.8 Å². The molecule has 6 aliphatic rings. The Kier molecular flexibility index (Phi) is 10.9. The summed E-state index contributed by atoms with van der Waals surface area (Å²) in [7, 11) is -2.26. The first-order valence-corrected chi connectivity index (χ1v) is 21.7. The third-order valence-electron chi connectivity index (χ3n) is 8.06. The second-order valence-corrected chi connectivity index (χ2v) is 24.0. The van der Waals surface area contributed by atoms with Crippen LogP contribution in [0.4, 0.5) is 0 Å². The predicted molar refractivity (Wildman–Crippen MR) is 197 cm³/mol. The Morgan fingerprint density at radius 2 is 1.28 bits per heavy atom. The number of sulfone groups is 1. The SMILES string of the molecule is CC(C)(C)C1=NN2CS(=O)(=O)CCC2S1.CN1CC2(C)SC(C(C)(C)C)=NN2CS1(=O)=O.CN1CCN2N=C(C(C)(C)C)SC2C1. The first-order valence-electron chi connectivity index (χ1n) is 15.7. The van der Waals surface area contributed by atoms with E-state index in [0.717, 1.165) is 29.7 Å². The zero-order valence-electron chi connectivity index (χ0n) is 29.6. The molecule has 17 heteroatoms. The predicted octanol–water partition coefficient (Wildman–Crippen LogP) is 4.51. The van der Waals surface area contributed by atoms with Crippen LogP contribution in [0.1, 0.15) is 75.7 Å². The van der Waals surface area contributed by atoms with Gasteiger partial charge in [-0.1, -0.05) is 97.6 Å². The van der Waals surface area contributed by atoms with Crippen molar-refractivity contribution < 1.29 is 16.8 Å². The van der Waals surface area contributed by atoms with Crippen LogP contribution in [0.15, 0.2) is 15.3 Å². The van der Waals surface area contributed by atoms with Crippen LogP contribution in [-0.2, 0) is 19.9 Å².